The average Bonchev–Trinajstić information content (AvgIpc) is 3.28. The molecule has 3 N–H and O–H groups in total. The minimum atomic E-state index is -2.43. The number of cyclic esters (lactones) is 1. The lowest BCUT2D eigenvalue weighted by Gasteiger charge is -2.42. The lowest BCUT2D eigenvalue weighted by Crippen LogP contribution is -2.61. The number of nitrogens with zero attached hydrogens (tertiary/aromatic N) is 1. The lowest BCUT2D eigenvalue weighted by molar-refractivity contribution is -0.265. The Hall–Kier alpha value is -3.37. The van der Waals surface area contributed by atoms with E-state index in [0.717, 1.165) is 12.0 Å². The zero-order valence-corrected chi connectivity index (χ0v) is 40.6. The molecule has 65 heavy (non-hydrogen) atoms. The predicted molar refractivity (Wildman–Crippen MR) is 245 cm³/mol. The number of allylic oxidation sites excluding steroid dienone is 6. The molecule has 0 aromatic carbocycles. The summed E-state index contributed by atoms with van der Waals surface area (Å²) in [6.07, 6.45) is 11.2. The monoisotopic (exact) mass is 914 g/mol. The molecule has 0 aromatic heterocycles. The summed E-state index contributed by atoms with van der Waals surface area (Å²) in [6.45, 7) is 12.7. The van der Waals surface area contributed by atoms with Crippen molar-refractivity contribution in [2.45, 2.75) is 180 Å². The van der Waals surface area contributed by atoms with E-state index in [1.807, 2.05) is 58.1 Å². The van der Waals surface area contributed by atoms with E-state index in [-0.39, 0.29) is 54.8 Å². The molecule has 14 heteroatoms. The predicted octanol–water partition coefficient (Wildman–Crippen LogP) is 6.18. The number of esters is 1. The van der Waals surface area contributed by atoms with Crippen molar-refractivity contribution in [3.8, 4) is 0 Å². The van der Waals surface area contributed by atoms with Gasteiger partial charge >= 0.3 is 5.97 Å². The van der Waals surface area contributed by atoms with Crippen molar-refractivity contribution in [3.63, 3.8) is 0 Å². The highest BCUT2D eigenvalue weighted by Crippen LogP contribution is 2.38. The van der Waals surface area contributed by atoms with Crippen LogP contribution in [0.2, 0.25) is 0 Å². The van der Waals surface area contributed by atoms with E-state index in [0.29, 0.717) is 63.4 Å². The Bertz CT molecular complexity index is 1760. The standard InChI is InChI=1S/C51H79NO13/c1-30-16-12-11-13-17-31(2)42(61-8)28-38-21-19-36(7)51(60,65-38)48(57)49(58)52-23-15-14-18-39(52)50(59)64-43(33(4)26-37-20-22-40(53)44(27-37)62-9)29-41(54)32(3)25-35(6)46(56)47(63-10)45(55)34(5)24-30/h11-13,16-17,25,30,32-34,36-40,42-44,46-47,53,56,60H,14-15,18-24,26-29H2,1-10H3/b13-11+,16-12-,31-17+,35-25+/t30-,32-,33?,34-,36-,37?,38+,39+,40-,42+,43+,44-,46-,47+,51-/m1/s1. The number of ether oxygens (including phenoxy) is 5. The lowest BCUT2D eigenvalue weighted by atomic mass is 9.78. The van der Waals surface area contributed by atoms with Gasteiger partial charge in [0.2, 0.25) is 5.79 Å². The van der Waals surface area contributed by atoms with Gasteiger partial charge in [-0.1, -0.05) is 71.1 Å². The first-order chi connectivity index (χ1) is 30.7. The van der Waals surface area contributed by atoms with Crippen LogP contribution in [0.4, 0.5) is 0 Å². The van der Waals surface area contributed by atoms with Crippen molar-refractivity contribution in [2.75, 3.05) is 27.9 Å². The third-order valence-corrected chi connectivity index (χ3v) is 14.5. The fourth-order valence-corrected chi connectivity index (χ4v) is 10.1. The Labute approximate surface area is 387 Å². The Balaban J connectivity index is 1.70. The van der Waals surface area contributed by atoms with Gasteiger partial charge in [0, 0.05) is 58.5 Å². The number of Topliss-reactive ketones (excluding diaryl/α,β-unsaturated/α-hetero) is 3. The molecule has 3 fully saturated rings. The average molecular weight is 914 g/mol. The van der Waals surface area contributed by atoms with Crippen LogP contribution in [0.25, 0.3) is 0 Å². The van der Waals surface area contributed by atoms with E-state index in [1.54, 1.807) is 41.1 Å². The zero-order chi connectivity index (χ0) is 48.2. The largest absolute Gasteiger partial charge is 0.460 e. The van der Waals surface area contributed by atoms with Crippen LogP contribution in [0.3, 0.4) is 0 Å². The number of carbonyl (C=O) groups excluding carboxylic acids is 5. The van der Waals surface area contributed by atoms with Gasteiger partial charge in [-0.05, 0) is 107 Å². The Morgan fingerprint density at radius 3 is 2.25 bits per heavy atom. The highest BCUT2D eigenvalue weighted by molar-refractivity contribution is 6.39. The fourth-order valence-electron chi connectivity index (χ4n) is 10.1. The van der Waals surface area contributed by atoms with Crippen LogP contribution in [0.5, 0.6) is 0 Å². The maximum Gasteiger partial charge on any atom is 0.329 e. The van der Waals surface area contributed by atoms with Crippen LogP contribution >= 0.6 is 0 Å². The van der Waals surface area contributed by atoms with Crippen molar-refractivity contribution in [2.24, 2.45) is 35.5 Å². The van der Waals surface area contributed by atoms with Crippen LogP contribution in [0.15, 0.2) is 47.6 Å². The number of aliphatic hydroxyl groups is 3. The molecular weight excluding hydrogens is 835 g/mol. The quantitative estimate of drug-likeness (QED) is 0.156. The number of piperidine rings is 1. The summed E-state index contributed by atoms with van der Waals surface area (Å²) >= 11 is 0. The van der Waals surface area contributed by atoms with Gasteiger partial charge in [-0.3, -0.25) is 19.2 Å². The maximum atomic E-state index is 14.4. The van der Waals surface area contributed by atoms with Gasteiger partial charge in [0.25, 0.3) is 11.7 Å². The molecule has 15 atom stereocenters. The Morgan fingerprint density at radius 2 is 1.57 bits per heavy atom. The van der Waals surface area contributed by atoms with E-state index in [9.17, 15) is 39.3 Å². The highest BCUT2D eigenvalue weighted by Gasteiger charge is 2.53. The molecule has 3 aliphatic heterocycles. The van der Waals surface area contributed by atoms with Gasteiger partial charge in [-0.25, -0.2) is 4.79 Å². The third kappa shape index (κ3) is 14.3. The van der Waals surface area contributed by atoms with Crippen molar-refractivity contribution in [1.29, 1.82) is 0 Å². The molecule has 14 nitrogen and oxygen atoms in total. The molecule has 1 amide bonds. The highest BCUT2D eigenvalue weighted by atomic mass is 16.6. The van der Waals surface area contributed by atoms with E-state index < -0.39 is 83.9 Å². The molecule has 3 heterocycles. The summed E-state index contributed by atoms with van der Waals surface area (Å²) < 4.78 is 29.4. The van der Waals surface area contributed by atoms with Gasteiger partial charge in [0.1, 0.15) is 30.1 Å². The second kappa shape index (κ2) is 25.1. The molecule has 0 spiro atoms. The smallest absolute Gasteiger partial charge is 0.329 e. The molecule has 2 unspecified atom stereocenters. The summed E-state index contributed by atoms with van der Waals surface area (Å²) in [5, 5.41) is 33.8. The number of hydrogen-bond acceptors (Lipinski definition) is 13. The van der Waals surface area contributed by atoms with Gasteiger partial charge in [-0.2, -0.15) is 0 Å². The molecule has 0 aromatic rings. The molecule has 1 saturated carbocycles. The minimum absolute atomic E-state index is 0.0193. The van der Waals surface area contributed by atoms with Crippen molar-refractivity contribution in [3.05, 3.63) is 47.6 Å². The van der Waals surface area contributed by atoms with Gasteiger partial charge in [0.05, 0.1) is 24.4 Å². The number of hydrogen-bond donors (Lipinski definition) is 3. The number of aliphatic hydroxyl groups excluding tert-OH is 2. The first-order valence-corrected chi connectivity index (χ1v) is 23.9. The number of methoxy groups -OCH3 is 3. The molecule has 2 saturated heterocycles. The number of rotatable bonds is 6. The Morgan fingerprint density at radius 1 is 0.846 bits per heavy atom. The summed E-state index contributed by atoms with van der Waals surface area (Å²) in [6, 6.07) is -1.14. The normalized spacial score (nSPS) is 40.4. The van der Waals surface area contributed by atoms with Crippen LogP contribution in [0.1, 0.15) is 126 Å². The van der Waals surface area contributed by atoms with Gasteiger partial charge in [-0.15, -0.1) is 0 Å². The number of fused-ring (bicyclic) bond motifs is 3. The molecule has 366 valence electrons. The molecule has 4 rings (SSSR count). The van der Waals surface area contributed by atoms with E-state index in [4.69, 9.17) is 23.7 Å². The second-order valence-electron chi connectivity index (χ2n) is 19.6. The van der Waals surface area contributed by atoms with Crippen molar-refractivity contribution >= 4 is 29.2 Å². The van der Waals surface area contributed by atoms with Crippen LogP contribution < -0.4 is 0 Å². The first-order valence-electron chi connectivity index (χ1n) is 23.9. The maximum absolute atomic E-state index is 14.4. The van der Waals surface area contributed by atoms with Crippen molar-refractivity contribution < 1.29 is 63.0 Å². The number of carbonyl (C=O) groups is 5. The Kier molecular flexibility index (Phi) is 21.0. The fraction of sp³-hybridized carbons (Fsp3) is 0.745. The van der Waals surface area contributed by atoms with Crippen LogP contribution in [0, 0.1) is 35.5 Å². The first kappa shape index (κ1) is 54.2. The summed E-state index contributed by atoms with van der Waals surface area (Å²) in [4.78, 5) is 71.8. The van der Waals surface area contributed by atoms with Crippen molar-refractivity contribution in [1.82, 2.24) is 4.90 Å². The summed E-state index contributed by atoms with van der Waals surface area (Å²) in [7, 11) is 4.52. The van der Waals surface area contributed by atoms with E-state index >= 15 is 0 Å². The summed E-state index contributed by atoms with van der Waals surface area (Å²) in [5.41, 5.74) is 1.27. The topological polar surface area (TPSA) is 195 Å². The SMILES string of the molecule is CO[C@H]1C[C@@H]2CC[C@@H](C)[C@@](O)(O2)C(=O)C(=O)N2CCCC[C@H]2C(=O)O[C@H](C(C)CC2CC[C@@H](O)[C@H](OC)C2)CC(=O)[C@H](C)/C=C(\C)[C@@H](O)[C@@H](OC)C(=O)[C@H](C)C[C@H](C)\C=C/C=C/C=C/1C. The van der Waals surface area contributed by atoms with E-state index in [1.165, 1.54) is 12.0 Å². The number of amides is 1. The second-order valence-corrected chi connectivity index (χ2v) is 19.6. The third-order valence-electron chi connectivity index (χ3n) is 14.5. The minimum Gasteiger partial charge on any atom is -0.460 e. The zero-order valence-electron chi connectivity index (χ0n) is 40.6. The molecule has 2 bridgehead atoms. The van der Waals surface area contributed by atoms with E-state index in [2.05, 4.69) is 0 Å². The molecule has 0 radical (unpaired) electrons. The van der Waals surface area contributed by atoms with Crippen LogP contribution in [-0.4, -0.2) is 132 Å². The van der Waals surface area contributed by atoms with Crippen LogP contribution in [-0.2, 0) is 47.7 Å². The summed E-state index contributed by atoms with van der Waals surface area (Å²) in [5.74, 6) is -7.96. The molecular formula is C51H79NO13. The van der Waals surface area contributed by atoms with Gasteiger partial charge < -0.3 is 43.9 Å². The molecule has 1 aliphatic carbocycles. The number of ketones is 3. The van der Waals surface area contributed by atoms with Gasteiger partial charge in [0.15, 0.2) is 5.78 Å². The molecule has 4 aliphatic rings.